The van der Waals surface area contributed by atoms with Crippen molar-refractivity contribution in [2.24, 2.45) is 0 Å². The van der Waals surface area contributed by atoms with E-state index in [4.69, 9.17) is 4.74 Å². The molecule has 0 radical (unpaired) electrons. The van der Waals surface area contributed by atoms with Crippen LogP contribution in [0, 0.1) is 12.7 Å². The zero-order chi connectivity index (χ0) is 20.6. The molecule has 2 saturated heterocycles. The van der Waals surface area contributed by atoms with Crippen LogP contribution in [0.1, 0.15) is 16.1 Å². The normalized spacial score (nSPS) is 19.6. The summed E-state index contributed by atoms with van der Waals surface area (Å²) in [6.07, 6.45) is 0. The quantitative estimate of drug-likeness (QED) is 0.738. The lowest BCUT2D eigenvalue weighted by Crippen LogP contribution is -2.55. The summed E-state index contributed by atoms with van der Waals surface area (Å²) >= 11 is 0. The number of benzene rings is 1. The van der Waals surface area contributed by atoms with Crippen LogP contribution in [0.2, 0.25) is 0 Å². The van der Waals surface area contributed by atoms with Gasteiger partial charge in [0, 0.05) is 44.7 Å². The van der Waals surface area contributed by atoms with Gasteiger partial charge in [-0.25, -0.2) is 4.39 Å². The fraction of sp³-hybridized carbons (Fsp3) is 0.474. The summed E-state index contributed by atoms with van der Waals surface area (Å²) in [7, 11) is -3.55. The largest absolute Gasteiger partial charge is 0.379 e. The lowest BCUT2D eigenvalue weighted by atomic mass is 10.1. The van der Waals surface area contributed by atoms with E-state index in [0.717, 1.165) is 0 Å². The first-order chi connectivity index (χ1) is 13.9. The summed E-state index contributed by atoms with van der Waals surface area (Å²) in [6, 6.07) is 5.93. The standard InChI is InChI=1S/C19H23FN4O4S/c1-14-17(13-15-12-16(20)2-3-18(15)21-14)19(25)22-4-6-23(7-5-22)29(26,27)24-8-10-28-11-9-24/h2-3,12-13H,4-11H2,1H3. The second kappa shape index (κ2) is 7.94. The Balaban J connectivity index is 1.48. The Hall–Kier alpha value is -2.14. The van der Waals surface area contributed by atoms with Crippen LogP contribution in [0.25, 0.3) is 10.9 Å². The molecule has 2 aliphatic heterocycles. The van der Waals surface area contributed by atoms with Crippen LogP contribution < -0.4 is 0 Å². The minimum absolute atomic E-state index is 0.218. The Bertz CT molecular complexity index is 1030. The fourth-order valence-electron chi connectivity index (χ4n) is 3.69. The maximum absolute atomic E-state index is 13.5. The van der Waals surface area contributed by atoms with Gasteiger partial charge in [-0.05, 0) is 31.2 Å². The Kier molecular flexibility index (Phi) is 5.52. The van der Waals surface area contributed by atoms with Crippen LogP contribution in [0.5, 0.6) is 0 Å². The number of morpholine rings is 1. The molecule has 2 aromatic rings. The van der Waals surface area contributed by atoms with Crippen LogP contribution in [0.4, 0.5) is 4.39 Å². The van der Waals surface area contributed by atoms with Crippen molar-refractivity contribution in [3.63, 3.8) is 0 Å². The van der Waals surface area contributed by atoms with Gasteiger partial charge >= 0.3 is 0 Å². The number of carbonyl (C=O) groups is 1. The number of aryl methyl sites for hydroxylation is 1. The second-order valence-corrected chi connectivity index (χ2v) is 9.10. The lowest BCUT2D eigenvalue weighted by molar-refractivity contribution is 0.0636. The molecule has 156 valence electrons. The number of aromatic nitrogens is 1. The van der Waals surface area contributed by atoms with Crippen molar-refractivity contribution in [1.29, 1.82) is 0 Å². The first-order valence-corrected chi connectivity index (χ1v) is 10.9. The first-order valence-electron chi connectivity index (χ1n) is 9.55. The number of amides is 1. The van der Waals surface area contributed by atoms with E-state index in [2.05, 4.69) is 4.98 Å². The predicted molar refractivity (Wildman–Crippen MR) is 105 cm³/mol. The second-order valence-electron chi connectivity index (χ2n) is 7.17. The van der Waals surface area contributed by atoms with Gasteiger partial charge in [0.15, 0.2) is 0 Å². The number of fused-ring (bicyclic) bond motifs is 1. The number of hydrogen-bond donors (Lipinski definition) is 0. The molecule has 1 aromatic carbocycles. The minimum atomic E-state index is -3.55. The summed E-state index contributed by atoms with van der Waals surface area (Å²) < 4.78 is 47.1. The Morgan fingerprint density at radius 2 is 1.69 bits per heavy atom. The number of pyridine rings is 1. The van der Waals surface area contributed by atoms with E-state index in [1.165, 1.54) is 20.7 Å². The Morgan fingerprint density at radius 1 is 1.03 bits per heavy atom. The molecular weight excluding hydrogens is 399 g/mol. The molecule has 1 aromatic heterocycles. The molecule has 29 heavy (non-hydrogen) atoms. The topological polar surface area (TPSA) is 83.1 Å². The fourth-order valence-corrected chi connectivity index (χ4v) is 5.25. The Morgan fingerprint density at radius 3 is 2.38 bits per heavy atom. The van der Waals surface area contributed by atoms with Crippen molar-refractivity contribution in [1.82, 2.24) is 18.5 Å². The van der Waals surface area contributed by atoms with E-state index in [9.17, 15) is 17.6 Å². The number of hydrogen-bond acceptors (Lipinski definition) is 5. The number of ether oxygens (including phenoxy) is 1. The van der Waals surface area contributed by atoms with Gasteiger partial charge in [0.05, 0.1) is 30.0 Å². The third-order valence-corrected chi connectivity index (χ3v) is 7.38. The summed E-state index contributed by atoms with van der Waals surface area (Å²) in [5.41, 5.74) is 1.60. The van der Waals surface area contributed by atoms with E-state index in [-0.39, 0.29) is 24.8 Å². The van der Waals surface area contributed by atoms with E-state index < -0.39 is 10.2 Å². The van der Waals surface area contributed by atoms with Crippen molar-refractivity contribution < 1.29 is 22.3 Å². The monoisotopic (exact) mass is 422 g/mol. The molecule has 3 heterocycles. The van der Waals surface area contributed by atoms with Gasteiger partial charge in [0.2, 0.25) is 0 Å². The molecule has 8 nitrogen and oxygen atoms in total. The molecule has 0 N–H and O–H groups in total. The van der Waals surface area contributed by atoms with Gasteiger partial charge in [-0.1, -0.05) is 0 Å². The molecule has 0 unspecified atom stereocenters. The van der Waals surface area contributed by atoms with Crippen molar-refractivity contribution in [3.05, 3.63) is 41.3 Å². The first kappa shape index (κ1) is 20.1. The average Bonchev–Trinajstić information content (AvgIpc) is 2.74. The van der Waals surface area contributed by atoms with E-state index in [0.29, 0.717) is 61.6 Å². The summed E-state index contributed by atoms with van der Waals surface area (Å²) in [5, 5.41) is 0.562. The van der Waals surface area contributed by atoms with Gasteiger partial charge < -0.3 is 9.64 Å². The van der Waals surface area contributed by atoms with Gasteiger partial charge in [-0.15, -0.1) is 0 Å². The van der Waals surface area contributed by atoms with Crippen LogP contribution in [-0.2, 0) is 14.9 Å². The number of nitrogens with zero attached hydrogens (tertiary/aromatic N) is 4. The Labute approximate surface area is 169 Å². The summed E-state index contributed by atoms with van der Waals surface area (Å²) in [4.78, 5) is 19.0. The molecule has 2 fully saturated rings. The highest BCUT2D eigenvalue weighted by Gasteiger charge is 2.34. The zero-order valence-electron chi connectivity index (χ0n) is 16.2. The number of carbonyl (C=O) groups excluding carboxylic acids is 1. The predicted octanol–water partition coefficient (Wildman–Crippen LogP) is 1.02. The van der Waals surface area contributed by atoms with E-state index in [1.807, 2.05) is 0 Å². The van der Waals surface area contributed by atoms with Crippen LogP contribution >= 0.6 is 0 Å². The van der Waals surface area contributed by atoms with Crippen LogP contribution in [0.15, 0.2) is 24.3 Å². The zero-order valence-corrected chi connectivity index (χ0v) is 17.0. The van der Waals surface area contributed by atoms with Crippen LogP contribution in [0.3, 0.4) is 0 Å². The van der Waals surface area contributed by atoms with Gasteiger partial charge in [-0.2, -0.15) is 17.0 Å². The molecule has 0 aliphatic carbocycles. The highest BCUT2D eigenvalue weighted by Crippen LogP contribution is 2.21. The van der Waals surface area contributed by atoms with Crippen molar-refractivity contribution in [2.45, 2.75) is 6.92 Å². The maximum atomic E-state index is 13.5. The summed E-state index contributed by atoms with van der Waals surface area (Å²) in [5.74, 6) is -0.604. The smallest absolute Gasteiger partial charge is 0.282 e. The maximum Gasteiger partial charge on any atom is 0.282 e. The highest BCUT2D eigenvalue weighted by molar-refractivity contribution is 7.86. The highest BCUT2D eigenvalue weighted by atomic mass is 32.2. The van der Waals surface area contributed by atoms with Gasteiger partial charge in [0.1, 0.15) is 5.82 Å². The van der Waals surface area contributed by atoms with Crippen LogP contribution in [-0.4, -0.2) is 85.3 Å². The number of piperazine rings is 1. The average molecular weight is 422 g/mol. The van der Waals surface area contributed by atoms with Gasteiger partial charge in [-0.3, -0.25) is 9.78 Å². The molecule has 4 rings (SSSR count). The molecular formula is C19H23FN4O4S. The molecule has 1 amide bonds. The van der Waals surface area contributed by atoms with E-state index >= 15 is 0 Å². The SMILES string of the molecule is Cc1nc2ccc(F)cc2cc1C(=O)N1CCN(S(=O)(=O)N2CCOCC2)CC1. The molecule has 0 atom stereocenters. The molecule has 0 bridgehead atoms. The lowest BCUT2D eigenvalue weighted by Gasteiger charge is -2.37. The van der Waals surface area contributed by atoms with Crippen molar-refractivity contribution in [2.75, 3.05) is 52.5 Å². The number of halogens is 1. The molecule has 10 heteroatoms. The van der Waals surface area contributed by atoms with Crippen molar-refractivity contribution >= 4 is 27.0 Å². The molecule has 2 aliphatic rings. The molecule has 0 spiro atoms. The summed E-state index contributed by atoms with van der Waals surface area (Å²) in [6.45, 7) is 4.29. The third kappa shape index (κ3) is 3.97. The number of rotatable bonds is 3. The minimum Gasteiger partial charge on any atom is -0.379 e. The third-order valence-electron chi connectivity index (χ3n) is 5.35. The van der Waals surface area contributed by atoms with Crippen molar-refractivity contribution in [3.8, 4) is 0 Å². The van der Waals surface area contributed by atoms with E-state index in [1.54, 1.807) is 24.0 Å². The van der Waals surface area contributed by atoms with Gasteiger partial charge in [0.25, 0.3) is 16.1 Å². The molecule has 0 saturated carbocycles.